The van der Waals surface area contributed by atoms with Gasteiger partial charge in [-0.25, -0.2) is 12.7 Å². The SMILES string of the molecule is CC(CN(C)C(=O)c1ccc(C2CCN(S(C)(=O)=O)CC2)nc1)c1ccccc1. The van der Waals surface area contributed by atoms with E-state index in [-0.39, 0.29) is 17.7 Å². The molecule has 1 saturated heterocycles. The van der Waals surface area contributed by atoms with Gasteiger partial charge in [-0.1, -0.05) is 37.3 Å². The molecule has 0 aliphatic carbocycles. The van der Waals surface area contributed by atoms with Gasteiger partial charge in [0.25, 0.3) is 5.91 Å². The molecule has 0 radical (unpaired) electrons. The van der Waals surface area contributed by atoms with Gasteiger partial charge in [0.2, 0.25) is 10.0 Å². The zero-order valence-electron chi connectivity index (χ0n) is 17.3. The van der Waals surface area contributed by atoms with Crippen molar-refractivity contribution in [1.29, 1.82) is 0 Å². The lowest BCUT2D eigenvalue weighted by Crippen LogP contribution is -2.37. The monoisotopic (exact) mass is 415 g/mol. The Bertz CT molecular complexity index is 922. The van der Waals surface area contributed by atoms with Crippen LogP contribution >= 0.6 is 0 Å². The van der Waals surface area contributed by atoms with E-state index in [9.17, 15) is 13.2 Å². The molecule has 1 aromatic heterocycles. The summed E-state index contributed by atoms with van der Waals surface area (Å²) in [5.74, 6) is 0.434. The minimum absolute atomic E-state index is 0.0428. The summed E-state index contributed by atoms with van der Waals surface area (Å²) in [5.41, 5.74) is 2.71. The second-order valence-corrected chi connectivity index (χ2v) is 9.89. The normalized spacial score (nSPS) is 17.1. The Morgan fingerprint density at radius 2 is 1.83 bits per heavy atom. The van der Waals surface area contributed by atoms with Gasteiger partial charge in [0.05, 0.1) is 11.8 Å². The van der Waals surface area contributed by atoms with Gasteiger partial charge in [-0.3, -0.25) is 9.78 Å². The fraction of sp³-hybridized carbons (Fsp3) is 0.455. The van der Waals surface area contributed by atoms with Crippen molar-refractivity contribution >= 4 is 15.9 Å². The molecule has 2 aromatic rings. The van der Waals surface area contributed by atoms with E-state index >= 15 is 0 Å². The summed E-state index contributed by atoms with van der Waals surface area (Å²) >= 11 is 0. The summed E-state index contributed by atoms with van der Waals surface area (Å²) in [7, 11) is -1.31. The molecule has 0 N–H and O–H groups in total. The molecule has 2 heterocycles. The van der Waals surface area contributed by atoms with Crippen molar-refractivity contribution in [2.45, 2.75) is 31.6 Å². The second-order valence-electron chi connectivity index (χ2n) is 7.91. The molecule has 1 atom stereocenters. The molecule has 1 aliphatic heterocycles. The van der Waals surface area contributed by atoms with Gasteiger partial charge in [-0.15, -0.1) is 0 Å². The molecule has 1 amide bonds. The zero-order valence-corrected chi connectivity index (χ0v) is 18.1. The summed E-state index contributed by atoms with van der Waals surface area (Å²) in [6, 6.07) is 13.9. The van der Waals surface area contributed by atoms with E-state index in [0.717, 1.165) is 18.5 Å². The van der Waals surface area contributed by atoms with Crippen molar-refractivity contribution in [2.75, 3.05) is 32.9 Å². The van der Waals surface area contributed by atoms with E-state index in [2.05, 4.69) is 24.0 Å². The van der Waals surface area contributed by atoms with E-state index in [1.54, 1.807) is 11.1 Å². The summed E-state index contributed by atoms with van der Waals surface area (Å²) in [6.07, 6.45) is 4.40. The number of nitrogens with zero attached hydrogens (tertiary/aromatic N) is 3. The first kappa shape index (κ1) is 21.5. The number of benzene rings is 1. The van der Waals surface area contributed by atoms with Gasteiger partial charge in [-0.05, 0) is 36.5 Å². The molecule has 156 valence electrons. The van der Waals surface area contributed by atoms with Crippen LogP contribution in [0.3, 0.4) is 0 Å². The molecule has 0 saturated carbocycles. The van der Waals surface area contributed by atoms with E-state index in [4.69, 9.17) is 0 Å². The van der Waals surface area contributed by atoms with Crippen LogP contribution in [0.4, 0.5) is 0 Å². The third kappa shape index (κ3) is 5.42. The lowest BCUT2D eigenvalue weighted by atomic mass is 9.94. The average molecular weight is 416 g/mol. The fourth-order valence-electron chi connectivity index (χ4n) is 3.86. The maximum Gasteiger partial charge on any atom is 0.255 e. The van der Waals surface area contributed by atoms with Gasteiger partial charge in [0.15, 0.2) is 0 Å². The Kier molecular flexibility index (Phi) is 6.70. The number of sulfonamides is 1. The van der Waals surface area contributed by atoms with Crippen LogP contribution in [-0.2, 0) is 10.0 Å². The maximum atomic E-state index is 12.8. The number of carbonyl (C=O) groups excluding carboxylic acids is 1. The highest BCUT2D eigenvalue weighted by Gasteiger charge is 2.26. The van der Waals surface area contributed by atoms with Gasteiger partial charge in [0.1, 0.15) is 0 Å². The lowest BCUT2D eigenvalue weighted by molar-refractivity contribution is 0.0787. The van der Waals surface area contributed by atoms with Gasteiger partial charge >= 0.3 is 0 Å². The average Bonchev–Trinajstić information content (AvgIpc) is 2.73. The number of piperidine rings is 1. The standard InChI is InChI=1S/C22H29N3O3S/c1-17(18-7-5-4-6-8-18)16-24(2)22(26)20-9-10-21(23-15-20)19-11-13-25(14-12-19)29(3,27)28/h4-10,15,17,19H,11-14,16H2,1-3H3. The van der Waals surface area contributed by atoms with Crippen LogP contribution in [0.2, 0.25) is 0 Å². The van der Waals surface area contributed by atoms with Crippen molar-refractivity contribution in [2.24, 2.45) is 0 Å². The Morgan fingerprint density at radius 3 is 2.38 bits per heavy atom. The third-order valence-corrected chi connectivity index (χ3v) is 6.94. The van der Waals surface area contributed by atoms with Crippen LogP contribution in [-0.4, -0.2) is 61.5 Å². The lowest BCUT2D eigenvalue weighted by Gasteiger charge is -2.30. The number of pyridine rings is 1. The molecule has 0 bridgehead atoms. The largest absolute Gasteiger partial charge is 0.341 e. The number of aromatic nitrogens is 1. The van der Waals surface area contributed by atoms with E-state index < -0.39 is 10.0 Å². The van der Waals surface area contributed by atoms with Crippen molar-refractivity contribution in [3.63, 3.8) is 0 Å². The van der Waals surface area contributed by atoms with Crippen molar-refractivity contribution in [3.8, 4) is 0 Å². The zero-order chi connectivity index (χ0) is 21.0. The Morgan fingerprint density at radius 1 is 1.17 bits per heavy atom. The highest BCUT2D eigenvalue weighted by molar-refractivity contribution is 7.88. The molecule has 3 rings (SSSR count). The quantitative estimate of drug-likeness (QED) is 0.727. The topological polar surface area (TPSA) is 70.6 Å². The molecule has 1 aliphatic rings. The maximum absolute atomic E-state index is 12.8. The second kappa shape index (κ2) is 9.05. The van der Waals surface area contributed by atoms with Gasteiger partial charge in [0, 0.05) is 44.5 Å². The van der Waals surface area contributed by atoms with Gasteiger partial charge < -0.3 is 4.90 Å². The first-order valence-corrected chi connectivity index (χ1v) is 11.8. The number of carbonyl (C=O) groups is 1. The number of likely N-dealkylation sites (N-methyl/N-ethyl adjacent to an activating group) is 1. The van der Waals surface area contributed by atoms with Crippen LogP contribution < -0.4 is 0 Å². The first-order valence-electron chi connectivity index (χ1n) is 9.97. The van der Waals surface area contributed by atoms with E-state index in [0.29, 0.717) is 25.2 Å². The fourth-order valence-corrected chi connectivity index (χ4v) is 4.73. The summed E-state index contributed by atoms with van der Waals surface area (Å²) in [5, 5.41) is 0. The Labute approximate surface area is 173 Å². The van der Waals surface area contributed by atoms with Crippen molar-refractivity contribution in [3.05, 3.63) is 65.5 Å². The molecule has 1 unspecified atom stereocenters. The minimum Gasteiger partial charge on any atom is -0.341 e. The molecule has 6 nitrogen and oxygen atoms in total. The molecular weight excluding hydrogens is 386 g/mol. The van der Waals surface area contributed by atoms with Crippen LogP contribution in [0, 0.1) is 0 Å². The number of amides is 1. The van der Waals surface area contributed by atoms with Crippen LogP contribution in [0.25, 0.3) is 0 Å². The summed E-state index contributed by atoms with van der Waals surface area (Å²) < 4.78 is 24.8. The number of hydrogen-bond acceptors (Lipinski definition) is 4. The van der Waals surface area contributed by atoms with Crippen molar-refractivity contribution < 1.29 is 13.2 Å². The molecule has 7 heteroatoms. The van der Waals surface area contributed by atoms with Gasteiger partial charge in [-0.2, -0.15) is 0 Å². The first-order chi connectivity index (χ1) is 13.8. The Balaban J connectivity index is 1.59. The smallest absolute Gasteiger partial charge is 0.255 e. The molecule has 1 fully saturated rings. The van der Waals surface area contributed by atoms with Crippen LogP contribution in [0.1, 0.15) is 53.2 Å². The highest BCUT2D eigenvalue weighted by Crippen LogP contribution is 2.27. The summed E-state index contributed by atoms with van der Waals surface area (Å²) in [4.78, 5) is 19.0. The Hall–Kier alpha value is -2.25. The molecule has 29 heavy (non-hydrogen) atoms. The predicted octanol–water partition coefficient (Wildman–Crippen LogP) is 3.10. The predicted molar refractivity (Wildman–Crippen MR) is 114 cm³/mol. The third-order valence-electron chi connectivity index (χ3n) is 5.64. The summed E-state index contributed by atoms with van der Waals surface area (Å²) in [6.45, 7) is 3.79. The molecule has 0 spiro atoms. The molecule has 1 aromatic carbocycles. The highest BCUT2D eigenvalue weighted by atomic mass is 32.2. The van der Waals surface area contributed by atoms with E-state index in [1.165, 1.54) is 16.1 Å². The van der Waals surface area contributed by atoms with Crippen LogP contribution in [0.15, 0.2) is 48.7 Å². The number of rotatable bonds is 6. The number of hydrogen-bond donors (Lipinski definition) is 0. The van der Waals surface area contributed by atoms with E-state index in [1.807, 2.05) is 37.4 Å². The van der Waals surface area contributed by atoms with Crippen LogP contribution in [0.5, 0.6) is 0 Å². The molecular formula is C22H29N3O3S. The minimum atomic E-state index is -3.13. The van der Waals surface area contributed by atoms with Crippen molar-refractivity contribution in [1.82, 2.24) is 14.2 Å².